The fourth-order valence-corrected chi connectivity index (χ4v) is 4.95. The molecule has 2 fully saturated rings. The summed E-state index contributed by atoms with van der Waals surface area (Å²) in [5.41, 5.74) is 2.23. The maximum Gasteiger partial charge on any atom is 0.138 e. The lowest BCUT2D eigenvalue weighted by Gasteiger charge is -2.38. The van der Waals surface area contributed by atoms with Crippen molar-refractivity contribution < 1.29 is 0 Å². The molecule has 6 nitrogen and oxygen atoms in total. The van der Waals surface area contributed by atoms with Crippen LogP contribution in [0.15, 0.2) is 36.0 Å². The van der Waals surface area contributed by atoms with E-state index >= 15 is 0 Å². The van der Waals surface area contributed by atoms with Crippen LogP contribution in [0.2, 0.25) is 0 Å². The van der Waals surface area contributed by atoms with Gasteiger partial charge >= 0.3 is 0 Å². The van der Waals surface area contributed by atoms with E-state index in [1.54, 1.807) is 11.3 Å². The number of hydrogen-bond acceptors (Lipinski definition) is 6. The number of rotatable bonds is 4. The Labute approximate surface area is 164 Å². The van der Waals surface area contributed by atoms with E-state index in [0.717, 1.165) is 44.9 Å². The lowest BCUT2D eigenvalue weighted by atomic mass is 10.1. The molecule has 27 heavy (non-hydrogen) atoms. The van der Waals surface area contributed by atoms with E-state index in [2.05, 4.69) is 60.9 Å². The van der Waals surface area contributed by atoms with E-state index in [9.17, 15) is 0 Å². The van der Waals surface area contributed by atoms with Crippen LogP contribution in [-0.4, -0.2) is 63.9 Å². The van der Waals surface area contributed by atoms with Crippen LogP contribution >= 0.6 is 11.3 Å². The van der Waals surface area contributed by atoms with Crippen LogP contribution in [0.1, 0.15) is 29.6 Å². The Balaban J connectivity index is 1.42. The minimum atomic E-state index is 0.324. The Hall–Kier alpha value is -1.96. The number of likely N-dealkylation sites (N-methyl/N-ethyl adjacent to an activating group) is 1. The molecule has 3 aromatic heterocycles. The molecule has 5 heterocycles. The van der Waals surface area contributed by atoms with Crippen LogP contribution in [0.4, 0.5) is 5.82 Å². The SMILES string of the molecule is CN1CCN(Cc2nccs2)C[C@@H]1c1cn2c(N3CCCC3)cccc2n1. The van der Waals surface area contributed by atoms with Gasteiger partial charge in [-0.05, 0) is 32.0 Å². The molecular weight excluding hydrogens is 356 g/mol. The van der Waals surface area contributed by atoms with E-state index in [-0.39, 0.29) is 0 Å². The van der Waals surface area contributed by atoms with Crippen molar-refractivity contribution >= 4 is 22.8 Å². The highest BCUT2D eigenvalue weighted by Crippen LogP contribution is 2.28. The average molecular weight is 383 g/mol. The summed E-state index contributed by atoms with van der Waals surface area (Å²) in [6, 6.07) is 6.81. The van der Waals surface area contributed by atoms with Crippen LogP contribution in [-0.2, 0) is 6.54 Å². The number of fused-ring (bicyclic) bond motifs is 1. The van der Waals surface area contributed by atoms with Crippen molar-refractivity contribution in [1.82, 2.24) is 24.2 Å². The summed E-state index contributed by atoms with van der Waals surface area (Å²) < 4.78 is 2.29. The van der Waals surface area contributed by atoms with E-state index in [1.807, 2.05) is 6.20 Å². The molecular formula is C20H26N6S. The number of anilines is 1. The highest BCUT2D eigenvalue weighted by atomic mass is 32.1. The topological polar surface area (TPSA) is 39.9 Å². The van der Waals surface area contributed by atoms with Crippen LogP contribution in [0.5, 0.6) is 0 Å². The van der Waals surface area contributed by atoms with Crippen LogP contribution in [0, 0.1) is 0 Å². The second-order valence-corrected chi connectivity index (χ2v) is 8.61. The normalized spacial score (nSPS) is 22.1. The van der Waals surface area contributed by atoms with Crippen molar-refractivity contribution in [2.75, 3.05) is 44.7 Å². The fourth-order valence-electron chi connectivity index (χ4n) is 4.30. The largest absolute Gasteiger partial charge is 0.358 e. The number of piperazine rings is 1. The first-order valence-corrected chi connectivity index (χ1v) is 10.7. The molecule has 2 saturated heterocycles. The van der Waals surface area contributed by atoms with Gasteiger partial charge in [-0.3, -0.25) is 14.2 Å². The first-order chi connectivity index (χ1) is 13.3. The van der Waals surface area contributed by atoms with E-state index < -0.39 is 0 Å². The molecule has 3 aromatic rings. The molecule has 0 saturated carbocycles. The standard InChI is InChI=1S/C20H26N6S/c1-23-10-11-24(15-19-21-7-12-27-19)14-17(23)16-13-26-18(22-16)5-4-6-20(26)25-8-2-3-9-25/h4-7,12-13,17H,2-3,8-11,14-15H2,1H3/t17-/m1/s1. The first kappa shape index (κ1) is 17.2. The number of aromatic nitrogens is 3. The van der Waals surface area contributed by atoms with Crippen molar-refractivity contribution in [3.05, 3.63) is 46.7 Å². The van der Waals surface area contributed by atoms with Gasteiger partial charge < -0.3 is 4.90 Å². The Kier molecular flexibility index (Phi) is 4.59. The second-order valence-electron chi connectivity index (χ2n) is 7.63. The molecule has 0 aliphatic carbocycles. The quantitative estimate of drug-likeness (QED) is 0.694. The van der Waals surface area contributed by atoms with Gasteiger partial charge in [-0.25, -0.2) is 9.97 Å². The lowest BCUT2D eigenvalue weighted by Crippen LogP contribution is -2.46. The highest BCUT2D eigenvalue weighted by molar-refractivity contribution is 7.09. The number of hydrogen-bond donors (Lipinski definition) is 0. The zero-order valence-electron chi connectivity index (χ0n) is 15.8. The maximum atomic E-state index is 5.01. The summed E-state index contributed by atoms with van der Waals surface area (Å²) in [6.45, 7) is 6.38. The Morgan fingerprint density at radius 3 is 2.85 bits per heavy atom. The zero-order valence-corrected chi connectivity index (χ0v) is 16.6. The second kappa shape index (κ2) is 7.22. The van der Waals surface area contributed by atoms with Gasteiger partial charge in [0.05, 0.1) is 18.3 Å². The number of pyridine rings is 1. The van der Waals surface area contributed by atoms with Crippen molar-refractivity contribution in [2.24, 2.45) is 0 Å². The molecule has 0 amide bonds. The molecule has 2 aliphatic heterocycles. The Morgan fingerprint density at radius 2 is 2.04 bits per heavy atom. The average Bonchev–Trinajstić information content (AvgIpc) is 3.44. The van der Waals surface area contributed by atoms with Crippen molar-refractivity contribution in [3.8, 4) is 0 Å². The molecule has 2 aliphatic rings. The van der Waals surface area contributed by atoms with Gasteiger partial charge in [0.25, 0.3) is 0 Å². The number of nitrogens with zero attached hydrogens (tertiary/aromatic N) is 6. The van der Waals surface area contributed by atoms with Crippen LogP contribution < -0.4 is 4.90 Å². The predicted molar refractivity (Wildman–Crippen MR) is 109 cm³/mol. The third-order valence-electron chi connectivity index (χ3n) is 5.84. The Bertz CT molecular complexity index is 898. The van der Waals surface area contributed by atoms with Crippen molar-refractivity contribution in [3.63, 3.8) is 0 Å². The minimum Gasteiger partial charge on any atom is -0.358 e. The molecule has 0 spiro atoms. The maximum absolute atomic E-state index is 5.01. The van der Waals surface area contributed by atoms with Gasteiger partial charge in [0.1, 0.15) is 16.5 Å². The number of imidazole rings is 1. The molecule has 0 bridgehead atoms. The molecule has 0 radical (unpaired) electrons. The first-order valence-electron chi connectivity index (χ1n) is 9.82. The summed E-state index contributed by atoms with van der Waals surface area (Å²) in [7, 11) is 2.22. The van der Waals surface area contributed by atoms with Crippen molar-refractivity contribution in [1.29, 1.82) is 0 Å². The van der Waals surface area contributed by atoms with Crippen molar-refractivity contribution in [2.45, 2.75) is 25.4 Å². The highest BCUT2D eigenvalue weighted by Gasteiger charge is 2.28. The van der Waals surface area contributed by atoms with E-state index in [4.69, 9.17) is 4.98 Å². The van der Waals surface area contributed by atoms with E-state index in [1.165, 1.54) is 29.4 Å². The summed E-state index contributed by atoms with van der Waals surface area (Å²) in [5.74, 6) is 1.28. The summed E-state index contributed by atoms with van der Waals surface area (Å²) in [5, 5.41) is 3.26. The molecule has 0 N–H and O–H groups in total. The van der Waals surface area contributed by atoms with E-state index in [0.29, 0.717) is 6.04 Å². The zero-order chi connectivity index (χ0) is 18.2. The number of thiazole rings is 1. The molecule has 0 aromatic carbocycles. The molecule has 1 atom stereocenters. The predicted octanol–water partition coefficient (Wildman–Crippen LogP) is 2.88. The minimum absolute atomic E-state index is 0.324. The van der Waals surface area contributed by atoms with Gasteiger partial charge in [0, 0.05) is 50.5 Å². The monoisotopic (exact) mass is 382 g/mol. The summed E-state index contributed by atoms with van der Waals surface area (Å²) in [6.07, 6.45) is 6.73. The Morgan fingerprint density at radius 1 is 1.15 bits per heavy atom. The molecule has 142 valence electrons. The smallest absolute Gasteiger partial charge is 0.138 e. The van der Waals surface area contributed by atoms with Crippen LogP contribution in [0.25, 0.3) is 5.65 Å². The van der Waals surface area contributed by atoms with Gasteiger partial charge in [0.2, 0.25) is 0 Å². The lowest BCUT2D eigenvalue weighted by molar-refractivity contribution is 0.0885. The third kappa shape index (κ3) is 3.35. The summed E-state index contributed by atoms with van der Waals surface area (Å²) in [4.78, 5) is 16.9. The molecule has 0 unspecified atom stereocenters. The van der Waals surface area contributed by atoms with Gasteiger partial charge in [-0.15, -0.1) is 11.3 Å². The molecule has 5 rings (SSSR count). The van der Waals surface area contributed by atoms with Crippen LogP contribution in [0.3, 0.4) is 0 Å². The summed E-state index contributed by atoms with van der Waals surface area (Å²) >= 11 is 1.74. The molecule has 7 heteroatoms. The fraction of sp³-hybridized carbons (Fsp3) is 0.500. The third-order valence-corrected chi connectivity index (χ3v) is 6.60. The van der Waals surface area contributed by atoms with Gasteiger partial charge in [0.15, 0.2) is 0 Å². The van der Waals surface area contributed by atoms with Gasteiger partial charge in [-0.2, -0.15) is 0 Å². The van der Waals surface area contributed by atoms with Gasteiger partial charge in [-0.1, -0.05) is 6.07 Å².